The van der Waals surface area contributed by atoms with E-state index in [1.54, 1.807) is 18.9 Å². The standard InChI is InChI=1S/C19H23NO2/c1-14-9-8-12-18(15(14)2)22-16(3)19(21)20(4)13-17-10-6-5-7-11-17/h5-12,16H,13H2,1-4H3/t16-/m0/s1. The van der Waals surface area contributed by atoms with Crippen molar-refractivity contribution < 1.29 is 9.53 Å². The van der Waals surface area contributed by atoms with Crippen LogP contribution in [-0.4, -0.2) is 24.0 Å². The Morgan fingerprint density at radius 3 is 2.45 bits per heavy atom. The van der Waals surface area contributed by atoms with Crippen molar-refractivity contribution >= 4 is 5.91 Å². The van der Waals surface area contributed by atoms with Crippen molar-refractivity contribution in [1.29, 1.82) is 0 Å². The number of hydrogen-bond donors (Lipinski definition) is 0. The number of amides is 1. The van der Waals surface area contributed by atoms with Crippen LogP contribution in [0.5, 0.6) is 5.75 Å². The lowest BCUT2D eigenvalue weighted by molar-refractivity contribution is -0.137. The number of likely N-dealkylation sites (N-methyl/N-ethyl adjacent to an activating group) is 1. The van der Waals surface area contributed by atoms with Gasteiger partial charge in [-0.3, -0.25) is 4.79 Å². The van der Waals surface area contributed by atoms with Crippen molar-refractivity contribution in [3.05, 3.63) is 65.2 Å². The Morgan fingerprint density at radius 1 is 1.09 bits per heavy atom. The molecule has 0 aliphatic rings. The summed E-state index contributed by atoms with van der Waals surface area (Å²) in [7, 11) is 1.80. The van der Waals surface area contributed by atoms with Crippen LogP contribution in [0.25, 0.3) is 0 Å². The van der Waals surface area contributed by atoms with Crippen LogP contribution in [0.15, 0.2) is 48.5 Å². The Hall–Kier alpha value is -2.29. The lowest BCUT2D eigenvalue weighted by atomic mass is 10.1. The molecular formula is C19H23NO2. The Kier molecular flexibility index (Phi) is 5.21. The van der Waals surface area contributed by atoms with Crippen LogP contribution >= 0.6 is 0 Å². The average Bonchev–Trinajstić information content (AvgIpc) is 2.52. The highest BCUT2D eigenvalue weighted by Gasteiger charge is 2.20. The van der Waals surface area contributed by atoms with Crippen molar-refractivity contribution in [2.45, 2.75) is 33.4 Å². The predicted octanol–water partition coefficient (Wildman–Crippen LogP) is 3.73. The first-order valence-corrected chi connectivity index (χ1v) is 7.51. The minimum atomic E-state index is -0.505. The molecule has 22 heavy (non-hydrogen) atoms. The molecule has 0 saturated heterocycles. The number of ether oxygens (including phenoxy) is 1. The van der Waals surface area contributed by atoms with Gasteiger partial charge in [0.15, 0.2) is 6.10 Å². The van der Waals surface area contributed by atoms with Gasteiger partial charge >= 0.3 is 0 Å². The second kappa shape index (κ2) is 7.12. The zero-order valence-corrected chi connectivity index (χ0v) is 13.7. The summed E-state index contributed by atoms with van der Waals surface area (Å²) in [5.74, 6) is 0.749. The largest absolute Gasteiger partial charge is 0.481 e. The average molecular weight is 297 g/mol. The zero-order chi connectivity index (χ0) is 16.1. The molecule has 2 aromatic rings. The van der Waals surface area contributed by atoms with Crippen LogP contribution in [0.4, 0.5) is 0 Å². The molecule has 0 spiro atoms. The number of aryl methyl sites for hydroxylation is 1. The Bertz CT molecular complexity index is 637. The fraction of sp³-hybridized carbons (Fsp3) is 0.316. The van der Waals surface area contributed by atoms with Crippen molar-refractivity contribution in [2.75, 3.05) is 7.05 Å². The van der Waals surface area contributed by atoms with Gasteiger partial charge in [-0.15, -0.1) is 0 Å². The molecule has 0 aliphatic heterocycles. The molecule has 0 heterocycles. The van der Waals surface area contributed by atoms with E-state index in [1.165, 1.54) is 0 Å². The maximum atomic E-state index is 12.4. The van der Waals surface area contributed by atoms with Gasteiger partial charge in [0.2, 0.25) is 0 Å². The molecule has 0 fully saturated rings. The topological polar surface area (TPSA) is 29.5 Å². The summed E-state index contributed by atoms with van der Waals surface area (Å²) in [6.45, 7) is 6.43. The van der Waals surface area contributed by atoms with E-state index in [0.29, 0.717) is 6.54 Å². The van der Waals surface area contributed by atoms with E-state index >= 15 is 0 Å². The van der Waals surface area contributed by atoms with E-state index in [4.69, 9.17) is 4.74 Å². The van der Waals surface area contributed by atoms with Gasteiger partial charge in [0.25, 0.3) is 5.91 Å². The summed E-state index contributed by atoms with van der Waals surface area (Å²) in [4.78, 5) is 14.1. The van der Waals surface area contributed by atoms with E-state index in [2.05, 4.69) is 0 Å². The number of nitrogens with zero attached hydrogens (tertiary/aromatic N) is 1. The van der Waals surface area contributed by atoms with Gasteiger partial charge in [-0.2, -0.15) is 0 Å². The highest BCUT2D eigenvalue weighted by molar-refractivity contribution is 5.80. The minimum Gasteiger partial charge on any atom is -0.481 e. The van der Waals surface area contributed by atoms with E-state index in [1.807, 2.05) is 62.4 Å². The summed E-state index contributed by atoms with van der Waals surface area (Å²) in [6.07, 6.45) is -0.505. The monoisotopic (exact) mass is 297 g/mol. The summed E-state index contributed by atoms with van der Waals surface area (Å²) >= 11 is 0. The van der Waals surface area contributed by atoms with Crippen molar-refractivity contribution in [3.63, 3.8) is 0 Å². The molecule has 0 unspecified atom stereocenters. The van der Waals surface area contributed by atoms with Crippen LogP contribution < -0.4 is 4.74 Å². The van der Waals surface area contributed by atoms with Gasteiger partial charge in [-0.05, 0) is 43.5 Å². The van der Waals surface area contributed by atoms with Crippen LogP contribution in [0.1, 0.15) is 23.6 Å². The molecule has 2 rings (SSSR count). The molecule has 0 aromatic heterocycles. The van der Waals surface area contributed by atoms with E-state index in [-0.39, 0.29) is 5.91 Å². The Labute approximate surface area is 132 Å². The fourth-order valence-electron chi connectivity index (χ4n) is 2.34. The van der Waals surface area contributed by atoms with E-state index < -0.39 is 6.10 Å². The third kappa shape index (κ3) is 3.88. The van der Waals surface area contributed by atoms with Crippen molar-refractivity contribution in [1.82, 2.24) is 4.90 Å². The van der Waals surface area contributed by atoms with Crippen molar-refractivity contribution in [3.8, 4) is 5.75 Å². The summed E-state index contributed by atoms with van der Waals surface area (Å²) in [5, 5.41) is 0. The first-order chi connectivity index (χ1) is 10.5. The lowest BCUT2D eigenvalue weighted by Gasteiger charge is -2.23. The first kappa shape index (κ1) is 16.1. The highest BCUT2D eigenvalue weighted by atomic mass is 16.5. The quantitative estimate of drug-likeness (QED) is 0.841. The van der Waals surface area contributed by atoms with Crippen LogP contribution in [0.3, 0.4) is 0 Å². The van der Waals surface area contributed by atoms with Gasteiger partial charge < -0.3 is 9.64 Å². The number of carbonyl (C=O) groups excluding carboxylic acids is 1. The van der Waals surface area contributed by atoms with Gasteiger partial charge in [0.05, 0.1) is 0 Å². The number of benzene rings is 2. The van der Waals surface area contributed by atoms with Crippen molar-refractivity contribution in [2.24, 2.45) is 0 Å². The fourth-order valence-corrected chi connectivity index (χ4v) is 2.34. The molecule has 2 aromatic carbocycles. The smallest absolute Gasteiger partial charge is 0.263 e. The predicted molar refractivity (Wildman–Crippen MR) is 88.9 cm³/mol. The normalized spacial score (nSPS) is 11.8. The third-order valence-electron chi connectivity index (χ3n) is 3.85. The highest BCUT2D eigenvalue weighted by Crippen LogP contribution is 2.22. The second-order valence-electron chi connectivity index (χ2n) is 5.64. The molecule has 1 amide bonds. The number of hydrogen-bond acceptors (Lipinski definition) is 2. The lowest BCUT2D eigenvalue weighted by Crippen LogP contribution is -2.37. The summed E-state index contributed by atoms with van der Waals surface area (Å²) in [5.41, 5.74) is 3.35. The summed E-state index contributed by atoms with van der Waals surface area (Å²) in [6, 6.07) is 15.8. The van der Waals surface area contributed by atoms with Gasteiger partial charge in [-0.25, -0.2) is 0 Å². The zero-order valence-electron chi connectivity index (χ0n) is 13.7. The number of rotatable bonds is 5. The second-order valence-corrected chi connectivity index (χ2v) is 5.64. The van der Waals surface area contributed by atoms with Crippen LogP contribution in [-0.2, 0) is 11.3 Å². The SMILES string of the molecule is Cc1cccc(O[C@@H](C)C(=O)N(C)Cc2ccccc2)c1C. The molecular weight excluding hydrogens is 274 g/mol. The third-order valence-corrected chi connectivity index (χ3v) is 3.85. The maximum absolute atomic E-state index is 12.4. The molecule has 116 valence electrons. The van der Waals surface area contributed by atoms with Crippen LogP contribution in [0.2, 0.25) is 0 Å². The van der Waals surface area contributed by atoms with E-state index in [0.717, 1.165) is 22.4 Å². The number of carbonyl (C=O) groups is 1. The molecule has 0 bridgehead atoms. The summed E-state index contributed by atoms with van der Waals surface area (Å²) < 4.78 is 5.86. The van der Waals surface area contributed by atoms with Gasteiger partial charge in [-0.1, -0.05) is 42.5 Å². The van der Waals surface area contributed by atoms with Crippen LogP contribution in [0, 0.1) is 13.8 Å². The molecule has 3 heteroatoms. The Balaban J connectivity index is 2.01. The molecule has 0 N–H and O–H groups in total. The molecule has 0 aliphatic carbocycles. The molecule has 3 nitrogen and oxygen atoms in total. The van der Waals surface area contributed by atoms with Gasteiger partial charge in [0.1, 0.15) is 5.75 Å². The molecule has 1 atom stereocenters. The molecule has 0 saturated carbocycles. The Morgan fingerprint density at radius 2 is 1.77 bits per heavy atom. The first-order valence-electron chi connectivity index (χ1n) is 7.51. The van der Waals surface area contributed by atoms with Gasteiger partial charge in [0, 0.05) is 13.6 Å². The van der Waals surface area contributed by atoms with E-state index in [9.17, 15) is 4.79 Å². The minimum absolute atomic E-state index is 0.0234. The molecule has 0 radical (unpaired) electrons. The maximum Gasteiger partial charge on any atom is 0.263 e.